The molecule has 0 fully saturated rings. The Morgan fingerprint density at radius 1 is 0.966 bits per heavy atom. The maximum absolute atomic E-state index is 12.8. The Hall–Kier alpha value is -2.87. The summed E-state index contributed by atoms with van der Waals surface area (Å²) < 4.78 is 101. The first kappa shape index (κ1) is 22.4. The Labute approximate surface area is 159 Å². The number of halogens is 6. The molecule has 0 saturated carbocycles. The zero-order chi connectivity index (χ0) is 22.4. The third-order valence-corrected chi connectivity index (χ3v) is 4.47. The van der Waals surface area contributed by atoms with E-state index in [1.54, 1.807) is 5.32 Å². The summed E-state index contributed by atoms with van der Waals surface area (Å²) in [6, 6.07) is 1.04. The van der Waals surface area contributed by atoms with Gasteiger partial charge < -0.3 is 9.88 Å². The fourth-order valence-electron chi connectivity index (χ4n) is 2.25. The topological polar surface area (TPSA) is 111 Å². The number of alkyl halides is 6. The average Bonchev–Trinajstić information content (AvgIpc) is 2.94. The summed E-state index contributed by atoms with van der Waals surface area (Å²) in [6.07, 6.45) is -9.39. The van der Waals surface area contributed by atoms with E-state index in [4.69, 9.17) is 5.14 Å². The van der Waals surface area contributed by atoms with Crippen LogP contribution < -0.4 is 10.5 Å². The van der Waals surface area contributed by atoms with Crippen molar-refractivity contribution in [2.75, 3.05) is 5.32 Å². The van der Waals surface area contributed by atoms with Gasteiger partial charge in [-0.1, -0.05) is 0 Å². The Balaban J connectivity index is 2.40. The lowest BCUT2D eigenvalue weighted by atomic mass is 10.1. The van der Waals surface area contributed by atoms with E-state index in [0.717, 1.165) is 16.8 Å². The summed E-state index contributed by atoms with van der Waals surface area (Å²) in [6.45, 7) is 0. The van der Waals surface area contributed by atoms with Crippen LogP contribution in [-0.2, 0) is 34.2 Å². The van der Waals surface area contributed by atoms with Crippen LogP contribution in [0.4, 0.5) is 32.0 Å². The number of sulfonamides is 1. The number of nitrogens with two attached hydrogens (primary N) is 1. The first-order chi connectivity index (χ1) is 13.0. The zero-order valence-electron chi connectivity index (χ0n) is 14.2. The van der Waals surface area contributed by atoms with Gasteiger partial charge in [-0.05, 0) is 24.3 Å². The van der Waals surface area contributed by atoms with E-state index in [1.807, 2.05) is 0 Å². The maximum Gasteiger partial charge on any atom is 0.416 e. The van der Waals surface area contributed by atoms with Gasteiger partial charge in [-0.3, -0.25) is 9.59 Å². The summed E-state index contributed by atoms with van der Waals surface area (Å²) in [7, 11) is -3.04. The molecule has 14 heteroatoms. The molecule has 29 heavy (non-hydrogen) atoms. The van der Waals surface area contributed by atoms with E-state index in [9.17, 15) is 44.3 Å². The average molecular weight is 443 g/mol. The Morgan fingerprint density at radius 3 is 1.83 bits per heavy atom. The molecule has 0 spiro atoms. The number of rotatable bonds is 4. The predicted molar refractivity (Wildman–Crippen MR) is 86.2 cm³/mol. The van der Waals surface area contributed by atoms with Gasteiger partial charge in [0.15, 0.2) is 0 Å². The Morgan fingerprint density at radius 2 is 1.45 bits per heavy atom. The molecule has 7 nitrogen and oxygen atoms in total. The van der Waals surface area contributed by atoms with Crippen LogP contribution in [0.5, 0.6) is 0 Å². The molecule has 0 bridgehead atoms. The predicted octanol–water partition coefficient (Wildman–Crippen LogP) is 2.53. The van der Waals surface area contributed by atoms with Gasteiger partial charge in [-0.15, -0.1) is 0 Å². The second-order valence-corrected chi connectivity index (χ2v) is 7.36. The van der Waals surface area contributed by atoms with Crippen LogP contribution in [0.25, 0.3) is 0 Å². The number of carbonyl (C=O) groups is 2. The number of aromatic nitrogens is 1. The minimum absolute atomic E-state index is 0.146. The fraction of sp³-hybridized carbons (Fsp3) is 0.200. The number of nitrogens with zero attached hydrogens (tertiary/aromatic N) is 1. The van der Waals surface area contributed by atoms with Crippen molar-refractivity contribution in [1.82, 2.24) is 4.57 Å². The highest BCUT2D eigenvalue weighted by Crippen LogP contribution is 2.37. The van der Waals surface area contributed by atoms with Crippen LogP contribution in [0.3, 0.4) is 0 Å². The lowest BCUT2D eigenvalue weighted by molar-refractivity contribution is -0.143. The van der Waals surface area contributed by atoms with Gasteiger partial charge in [0.1, 0.15) is 4.90 Å². The van der Waals surface area contributed by atoms with Gasteiger partial charge in [-0.25, -0.2) is 13.6 Å². The van der Waals surface area contributed by atoms with E-state index in [0.29, 0.717) is 0 Å². The van der Waals surface area contributed by atoms with E-state index in [-0.39, 0.29) is 18.2 Å². The maximum atomic E-state index is 12.8. The molecule has 0 aliphatic rings. The molecule has 0 aliphatic heterocycles. The van der Waals surface area contributed by atoms with Crippen LogP contribution in [0.15, 0.2) is 35.4 Å². The molecule has 2 aromatic rings. The van der Waals surface area contributed by atoms with Crippen LogP contribution in [0, 0.1) is 0 Å². The molecule has 0 radical (unpaired) electrons. The lowest BCUT2D eigenvalue weighted by Crippen LogP contribution is -2.25. The molecule has 158 valence electrons. The molecule has 1 aromatic heterocycles. The van der Waals surface area contributed by atoms with Crippen molar-refractivity contribution >= 4 is 27.4 Å². The molecule has 0 aliphatic carbocycles. The third kappa shape index (κ3) is 5.14. The quantitative estimate of drug-likeness (QED) is 0.430. The molecule has 1 aromatic carbocycles. The van der Waals surface area contributed by atoms with Crippen molar-refractivity contribution in [2.24, 2.45) is 12.2 Å². The van der Waals surface area contributed by atoms with E-state index in [2.05, 4.69) is 0 Å². The van der Waals surface area contributed by atoms with Crippen molar-refractivity contribution in [3.8, 4) is 0 Å². The highest BCUT2D eigenvalue weighted by molar-refractivity contribution is 7.89. The first-order valence-corrected chi connectivity index (χ1v) is 8.89. The van der Waals surface area contributed by atoms with E-state index >= 15 is 0 Å². The molecule has 1 amide bonds. The monoisotopic (exact) mass is 443 g/mol. The fourth-order valence-corrected chi connectivity index (χ4v) is 2.83. The molecule has 0 saturated heterocycles. The standard InChI is InChI=1S/C15H11F6N3O4S/c1-24-6-10(29(22,27)28)5-11(24)12(25)13(26)23-9-3-7(14(16,17)18)2-8(4-9)15(19,20)21/h2-6H,1H3,(H,23,26)(H2,22,27,28). The SMILES string of the molecule is Cn1cc(S(N)(=O)=O)cc1C(=O)C(=O)Nc1cc(C(F)(F)F)cc(C(F)(F)F)c1. The molecular weight excluding hydrogens is 432 g/mol. The smallest absolute Gasteiger partial charge is 0.346 e. The van der Waals surface area contributed by atoms with Gasteiger partial charge in [0, 0.05) is 18.9 Å². The summed E-state index contributed by atoms with van der Waals surface area (Å²) >= 11 is 0. The van der Waals surface area contributed by atoms with Gasteiger partial charge in [0.05, 0.1) is 16.8 Å². The Bertz CT molecular complexity index is 1050. The third-order valence-electron chi connectivity index (χ3n) is 3.59. The first-order valence-electron chi connectivity index (χ1n) is 7.34. The number of ketones is 1. The molecule has 3 N–H and O–H groups in total. The van der Waals surface area contributed by atoms with Crippen LogP contribution in [-0.4, -0.2) is 24.7 Å². The normalized spacial score (nSPS) is 12.7. The van der Waals surface area contributed by atoms with Crippen molar-refractivity contribution in [3.05, 3.63) is 47.3 Å². The number of carbonyl (C=O) groups excluding carboxylic acids is 2. The highest BCUT2D eigenvalue weighted by Gasteiger charge is 2.37. The number of benzene rings is 1. The number of nitrogens with one attached hydrogen (secondary N) is 1. The van der Waals surface area contributed by atoms with Crippen LogP contribution in [0.1, 0.15) is 21.6 Å². The summed E-state index contributed by atoms with van der Waals surface area (Å²) in [5.74, 6) is -2.99. The highest BCUT2D eigenvalue weighted by atomic mass is 32.2. The second kappa shape index (κ2) is 7.18. The van der Waals surface area contributed by atoms with E-state index < -0.39 is 61.5 Å². The Kier molecular flexibility index (Phi) is 5.55. The number of anilines is 1. The molecular formula is C15H11F6N3O4S. The number of amides is 1. The van der Waals surface area contributed by atoms with Crippen molar-refractivity contribution in [1.29, 1.82) is 0 Å². The molecule has 2 rings (SSSR count). The van der Waals surface area contributed by atoms with Crippen LogP contribution >= 0.6 is 0 Å². The van der Waals surface area contributed by atoms with Crippen molar-refractivity contribution < 1.29 is 44.3 Å². The summed E-state index contributed by atoms with van der Waals surface area (Å²) in [5, 5.41) is 6.55. The second-order valence-electron chi connectivity index (χ2n) is 5.79. The number of Topliss-reactive ketones (excluding diaryl/α,β-unsaturated/α-hetero) is 1. The van der Waals surface area contributed by atoms with Gasteiger partial charge in [0.2, 0.25) is 10.0 Å². The minimum atomic E-state index is -5.15. The van der Waals surface area contributed by atoms with Crippen molar-refractivity contribution in [2.45, 2.75) is 17.2 Å². The molecule has 0 atom stereocenters. The largest absolute Gasteiger partial charge is 0.416 e. The molecule has 1 heterocycles. The summed E-state index contributed by atoms with van der Waals surface area (Å²) in [5.41, 5.74) is -4.81. The van der Waals surface area contributed by atoms with Gasteiger partial charge in [-0.2, -0.15) is 26.3 Å². The number of hydrogen-bond donors (Lipinski definition) is 2. The number of hydrogen-bond acceptors (Lipinski definition) is 4. The van der Waals surface area contributed by atoms with Gasteiger partial charge in [0.25, 0.3) is 11.7 Å². The molecule has 0 unspecified atom stereocenters. The van der Waals surface area contributed by atoms with Crippen molar-refractivity contribution in [3.63, 3.8) is 0 Å². The summed E-state index contributed by atoms with van der Waals surface area (Å²) in [4.78, 5) is 23.7. The lowest BCUT2D eigenvalue weighted by Gasteiger charge is -2.14. The van der Waals surface area contributed by atoms with Crippen LogP contribution in [0.2, 0.25) is 0 Å². The number of primary sulfonamides is 1. The van der Waals surface area contributed by atoms with Gasteiger partial charge >= 0.3 is 12.4 Å². The zero-order valence-corrected chi connectivity index (χ0v) is 15.0. The minimum Gasteiger partial charge on any atom is -0.346 e. The number of aryl methyl sites for hydroxylation is 1. The van der Waals surface area contributed by atoms with E-state index in [1.165, 1.54) is 7.05 Å².